The number of benzene rings is 3. The molecule has 3 aromatic rings. The highest BCUT2D eigenvalue weighted by atomic mass is 19.1. The van der Waals surface area contributed by atoms with Crippen molar-refractivity contribution in [1.82, 2.24) is 5.32 Å². The molecule has 4 rings (SSSR count). The molecule has 0 aliphatic heterocycles. The number of aliphatic imine (C=N–C) groups is 1. The molecule has 31 heavy (non-hydrogen) atoms. The van der Waals surface area contributed by atoms with Gasteiger partial charge in [0.05, 0.1) is 5.69 Å². The van der Waals surface area contributed by atoms with E-state index in [1.54, 1.807) is 18.2 Å². The van der Waals surface area contributed by atoms with E-state index in [9.17, 15) is 9.50 Å². The molecule has 3 N–H and O–H groups in total. The Morgan fingerprint density at radius 1 is 0.935 bits per heavy atom. The molecule has 4 nitrogen and oxygen atoms in total. The van der Waals surface area contributed by atoms with Crippen LogP contribution in [0.5, 0.6) is 5.75 Å². The quantitative estimate of drug-likeness (QED) is 0.272. The number of hydrogen-bond acceptors (Lipinski definition) is 2. The first-order chi connectivity index (χ1) is 15.2. The lowest BCUT2D eigenvalue weighted by Crippen LogP contribution is -2.38. The Kier molecular flexibility index (Phi) is 6.82. The highest BCUT2D eigenvalue weighted by Crippen LogP contribution is 2.30. The van der Waals surface area contributed by atoms with E-state index in [0.717, 1.165) is 29.5 Å². The van der Waals surface area contributed by atoms with Gasteiger partial charge in [-0.05, 0) is 60.2 Å². The van der Waals surface area contributed by atoms with E-state index in [1.165, 1.54) is 18.9 Å². The van der Waals surface area contributed by atoms with Crippen molar-refractivity contribution in [2.45, 2.75) is 38.1 Å². The van der Waals surface area contributed by atoms with Crippen molar-refractivity contribution in [3.8, 4) is 16.9 Å². The maximum Gasteiger partial charge on any atom is 0.196 e. The Balaban J connectivity index is 1.52. The zero-order valence-corrected chi connectivity index (χ0v) is 17.5. The third kappa shape index (κ3) is 5.85. The molecule has 0 bridgehead atoms. The molecule has 0 radical (unpaired) electrons. The summed E-state index contributed by atoms with van der Waals surface area (Å²) >= 11 is 0. The van der Waals surface area contributed by atoms with Gasteiger partial charge in [-0.25, -0.2) is 4.39 Å². The summed E-state index contributed by atoms with van der Waals surface area (Å²) in [5, 5.41) is 17.2. The molecule has 1 aliphatic carbocycles. The summed E-state index contributed by atoms with van der Waals surface area (Å²) < 4.78 is 13.4. The number of rotatable bonds is 6. The summed E-state index contributed by atoms with van der Waals surface area (Å²) in [5.41, 5.74) is 3.62. The fourth-order valence-corrected chi connectivity index (χ4v) is 3.95. The summed E-state index contributed by atoms with van der Waals surface area (Å²) in [6.45, 7) is 0.518. The first kappa shape index (κ1) is 20.9. The Hall–Kier alpha value is -3.34. The lowest BCUT2D eigenvalue weighted by atomic mass is 10.0. The zero-order chi connectivity index (χ0) is 21.5. The van der Waals surface area contributed by atoms with Crippen LogP contribution in [0.25, 0.3) is 11.1 Å². The summed E-state index contributed by atoms with van der Waals surface area (Å²) in [6.07, 6.45) is 5.29. The van der Waals surface area contributed by atoms with Gasteiger partial charge < -0.3 is 15.7 Å². The summed E-state index contributed by atoms with van der Waals surface area (Å²) in [5.74, 6) is 0.584. The number of guanidine groups is 1. The van der Waals surface area contributed by atoms with Gasteiger partial charge in [0.2, 0.25) is 0 Å². The summed E-state index contributed by atoms with van der Waals surface area (Å²) in [6, 6.07) is 22.6. The first-order valence-electron chi connectivity index (χ1n) is 10.9. The van der Waals surface area contributed by atoms with Crippen molar-refractivity contribution in [2.75, 3.05) is 11.9 Å². The van der Waals surface area contributed by atoms with Gasteiger partial charge in [-0.3, -0.25) is 4.99 Å². The van der Waals surface area contributed by atoms with Crippen molar-refractivity contribution < 1.29 is 9.50 Å². The van der Waals surface area contributed by atoms with Crippen LogP contribution < -0.4 is 10.6 Å². The summed E-state index contributed by atoms with van der Waals surface area (Å²) in [4.78, 5) is 4.71. The minimum absolute atomic E-state index is 0.172. The van der Waals surface area contributed by atoms with E-state index >= 15 is 0 Å². The fourth-order valence-electron chi connectivity index (χ4n) is 3.95. The normalized spacial score (nSPS) is 14.5. The maximum absolute atomic E-state index is 13.4. The lowest BCUT2D eigenvalue weighted by molar-refractivity contribution is 0.478. The summed E-state index contributed by atoms with van der Waals surface area (Å²) in [7, 11) is 0. The number of hydrogen-bond donors (Lipinski definition) is 3. The van der Waals surface area contributed by atoms with E-state index in [1.807, 2.05) is 48.5 Å². The lowest BCUT2D eigenvalue weighted by Gasteiger charge is -2.18. The van der Waals surface area contributed by atoms with Crippen LogP contribution in [0.3, 0.4) is 0 Å². The van der Waals surface area contributed by atoms with E-state index in [0.29, 0.717) is 30.7 Å². The van der Waals surface area contributed by atoms with Crippen LogP contribution in [0, 0.1) is 5.82 Å². The van der Waals surface area contributed by atoms with Gasteiger partial charge in [0, 0.05) is 12.6 Å². The topological polar surface area (TPSA) is 56.6 Å². The third-order valence-corrected chi connectivity index (χ3v) is 5.61. The van der Waals surface area contributed by atoms with Gasteiger partial charge in [0.25, 0.3) is 0 Å². The number of nitrogens with one attached hydrogen (secondary N) is 2. The van der Waals surface area contributed by atoms with Crippen LogP contribution in [0.4, 0.5) is 10.1 Å². The molecular formula is C26H28FN3O. The Morgan fingerprint density at radius 3 is 2.52 bits per heavy atom. The molecule has 0 atom stereocenters. The van der Waals surface area contributed by atoms with E-state index in [2.05, 4.69) is 10.6 Å². The average Bonchev–Trinajstić information content (AvgIpc) is 3.29. The van der Waals surface area contributed by atoms with Crippen LogP contribution in [-0.2, 0) is 6.42 Å². The van der Waals surface area contributed by atoms with Gasteiger partial charge in [-0.15, -0.1) is 0 Å². The van der Waals surface area contributed by atoms with Crippen LogP contribution >= 0.6 is 0 Å². The molecule has 0 heterocycles. The number of phenols is 1. The second kappa shape index (κ2) is 10.1. The van der Waals surface area contributed by atoms with Gasteiger partial charge in [-0.1, -0.05) is 61.4 Å². The van der Waals surface area contributed by atoms with Crippen molar-refractivity contribution in [1.29, 1.82) is 0 Å². The molecule has 3 aromatic carbocycles. The molecule has 0 amide bonds. The minimum Gasteiger partial charge on any atom is -0.506 e. The number of halogens is 1. The molecule has 0 saturated heterocycles. The van der Waals surface area contributed by atoms with Crippen molar-refractivity contribution >= 4 is 11.6 Å². The van der Waals surface area contributed by atoms with E-state index in [-0.39, 0.29) is 11.6 Å². The molecular weight excluding hydrogens is 389 g/mol. The predicted molar refractivity (Wildman–Crippen MR) is 125 cm³/mol. The Labute approximate surface area is 182 Å². The molecule has 160 valence electrons. The van der Waals surface area contributed by atoms with Crippen molar-refractivity contribution in [3.05, 3.63) is 84.2 Å². The van der Waals surface area contributed by atoms with Crippen LogP contribution in [-0.4, -0.2) is 23.7 Å². The maximum atomic E-state index is 13.4. The molecule has 0 unspecified atom stereocenters. The van der Waals surface area contributed by atoms with Crippen molar-refractivity contribution in [2.24, 2.45) is 4.99 Å². The molecule has 1 fully saturated rings. The number of phenolic OH excluding ortho intramolecular Hbond substituents is 1. The number of aromatic hydroxyl groups is 1. The van der Waals surface area contributed by atoms with Crippen LogP contribution in [0.15, 0.2) is 77.8 Å². The molecule has 0 aromatic heterocycles. The van der Waals surface area contributed by atoms with Crippen molar-refractivity contribution in [3.63, 3.8) is 0 Å². The second-order valence-corrected chi connectivity index (χ2v) is 7.96. The second-order valence-electron chi connectivity index (χ2n) is 7.96. The fraction of sp³-hybridized carbons (Fsp3) is 0.269. The SMILES string of the molecule is Oc1ccc(-c2ccccc2)cc1NC(=NCCc1cccc(F)c1)NC1CCCC1. The third-order valence-electron chi connectivity index (χ3n) is 5.61. The monoisotopic (exact) mass is 417 g/mol. The smallest absolute Gasteiger partial charge is 0.196 e. The van der Waals surface area contributed by atoms with Gasteiger partial charge in [0.1, 0.15) is 11.6 Å². The zero-order valence-electron chi connectivity index (χ0n) is 17.5. The van der Waals surface area contributed by atoms with E-state index < -0.39 is 0 Å². The van der Waals surface area contributed by atoms with E-state index in [4.69, 9.17) is 4.99 Å². The molecule has 1 aliphatic rings. The van der Waals surface area contributed by atoms with Gasteiger partial charge >= 0.3 is 0 Å². The molecule has 0 spiro atoms. The largest absolute Gasteiger partial charge is 0.506 e. The average molecular weight is 418 g/mol. The number of nitrogens with zero attached hydrogens (tertiary/aromatic N) is 1. The minimum atomic E-state index is -0.230. The highest BCUT2D eigenvalue weighted by Gasteiger charge is 2.17. The molecule has 1 saturated carbocycles. The predicted octanol–water partition coefficient (Wildman–Crippen LogP) is 5.74. The van der Waals surface area contributed by atoms with Gasteiger partial charge in [-0.2, -0.15) is 0 Å². The first-order valence-corrected chi connectivity index (χ1v) is 10.9. The Bertz CT molecular complexity index is 1030. The standard InChI is InChI=1S/C26H28FN3O/c27-22-10-6-7-19(17-22)15-16-28-26(29-23-11-4-5-12-23)30-24-18-21(13-14-25(24)31)20-8-2-1-3-9-20/h1-3,6-10,13-14,17-18,23,31H,4-5,11-12,15-16H2,(H2,28,29,30). The van der Waals surface area contributed by atoms with Crippen LogP contribution in [0.1, 0.15) is 31.2 Å². The van der Waals surface area contributed by atoms with Gasteiger partial charge in [0.15, 0.2) is 5.96 Å². The number of anilines is 1. The molecule has 5 heteroatoms. The highest BCUT2D eigenvalue weighted by molar-refractivity contribution is 5.96. The van der Waals surface area contributed by atoms with Crippen LogP contribution in [0.2, 0.25) is 0 Å². The Morgan fingerprint density at radius 2 is 1.74 bits per heavy atom.